The maximum absolute atomic E-state index is 11.4. The molecule has 2 aliphatic rings. The number of rotatable bonds is 3. The van der Waals surface area contributed by atoms with E-state index in [1.807, 2.05) is 0 Å². The molecule has 0 spiro atoms. The molecule has 2 aliphatic heterocycles. The summed E-state index contributed by atoms with van der Waals surface area (Å²) in [6.45, 7) is 5.32. The third-order valence-electron chi connectivity index (χ3n) is 4.10. The third-order valence-corrected chi connectivity index (χ3v) is 4.10. The largest absolute Gasteiger partial charge is 0.467 e. The van der Waals surface area contributed by atoms with Crippen molar-refractivity contribution in [2.45, 2.75) is 25.4 Å². The molecule has 2 fully saturated rings. The van der Waals surface area contributed by atoms with Gasteiger partial charge in [0.2, 0.25) is 0 Å². The molecule has 1 unspecified atom stereocenters. The summed E-state index contributed by atoms with van der Waals surface area (Å²) in [4.78, 5) is 16.3. The lowest BCUT2D eigenvalue weighted by atomic mass is 10.1. The van der Waals surface area contributed by atoms with Gasteiger partial charge in [-0.2, -0.15) is 0 Å². The number of nitrogens with two attached hydrogens (primary N) is 1. The second-order valence-electron chi connectivity index (χ2n) is 5.34. The second kappa shape index (κ2) is 5.32. The highest BCUT2D eigenvalue weighted by Crippen LogP contribution is 2.22. The average molecular weight is 264 g/mol. The molecule has 3 heterocycles. The molecular weight excluding hydrogens is 244 g/mol. The first kappa shape index (κ1) is 12.7. The molecule has 1 amide bonds. The second-order valence-corrected chi connectivity index (χ2v) is 5.34. The summed E-state index contributed by atoms with van der Waals surface area (Å²) in [6, 6.07) is 2.47. The van der Waals surface area contributed by atoms with Crippen LogP contribution in [0, 0.1) is 0 Å². The SMILES string of the molecule is NNC(=O)c1coc(CN2CCN3CCCC3C2)c1. The van der Waals surface area contributed by atoms with Gasteiger partial charge in [0.05, 0.1) is 12.1 Å². The Morgan fingerprint density at radius 1 is 1.47 bits per heavy atom. The van der Waals surface area contributed by atoms with E-state index in [0.29, 0.717) is 11.6 Å². The number of carbonyl (C=O) groups excluding carboxylic acids is 1. The molecule has 1 atom stereocenters. The van der Waals surface area contributed by atoms with Crippen molar-refractivity contribution in [3.8, 4) is 0 Å². The third kappa shape index (κ3) is 2.65. The van der Waals surface area contributed by atoms with Crippen molar-refractivity contribution in [3.05, 3.63) is 23.7 Å². The summed E-state index contributed by atoms with van der Waals surface area (Å²) in [7, 11) is 0. The molecule has 1 aromatic heterocycles. The maximum atomic E-state index is 11.4. The van der Waals surface area contributed by atoms with Gasteiger partial charge in [-0.15, -0.1) is 0 Å². The Kier molecular flexibility index (Phi) is 3.54. The van der Waals surface area contributed by atoms with Crippen molar-refractivity contribution in [2.24, 2.45) is 5.84 Å². The number of hydrogen-bond acceptors (Lipinski definition) is 5. The number of hydrogen-bond donors (Lipinski definition) is 2. The number of carbonyl (C=O) groups is 1. The number of nitrogen functional groups attached to an aromatic ring is 1. The number of piperazine rings is 1. The van der Waals surface area contributed by atoms with Crippen LogP contribution in [0.25, 0.3) is 0 Å². The van der Waals surface area contributed by atoms with Crippen LogP contribution in [-0.2, 0) is 6.54 Å². The Labute approximate surface area is 112 Å². The monoisotopic (exact) mass is 264 g/mol. The summed E-state index contributed by atoms with van der Waals surface area (Å²) in [5.74, 6) is 5.61. The lowest BCUT2D eigenvalue weighted by Crippen LogP contribution is -2.49. The fourth-order valence-electron chi connectivity index (χ4n) is 3.09. The number of amides is 1. The topological polar surface area (TPSA) is 74.7 Å². The smallest absolute Gasteiger partial charge is 0.268 e. The molecule has 0 bridgehead atoms. The van der Waals surface area contributed by atoms with Gasteiger partial charge in [-0.3, -0.25) is 20.0 Å². The van der Waals surface area contributed by atoms with Gasteiger partial charge in [-0.1, -0.05) is 0 Å². The minimum absolute atomic E-state index is 0.310. The summed E-state index contributed by atoms with van der Waals surface area (Å²) >= 11 is 0. The molecule has 0 radical (unpaired) electrons. The number of fused-ring (bicyclic) bond motifs is 1. The van der Waals surface area contributed by atoms with E-state index >= 15 is 0 Å². The predicted molar refractivity (Wildman–Crippen MR) is 70.2 cm³/mol. The van der Waals surface area contributed by atoms with Gasteiger partial charge in [-0.05, 0) is 25.5 Å². The normalized spacial score (nSPS) is 24.4. The molecule has 6 nitrogen and oxygen atoms in total. The Hall–Kier alpha value is -1.37. The molecular formula is C13H20N4O2. The van der Waals surface area contributed by atoms with Gasteiger partial charge in [0.15, 0.2) is 0 Å². The highest BCUT2D eigenvalue weighted by Gasteiger charge is 2.30. The zero-order valence-corrected chi connectivity index (χ0v) is 11.0. The Morgan fingerprint density at radius 2 is 2.37 bits per heavy atom. The zero-order valence-electron chi connectivity index (χ0n) is 11.0. The van der Waals surface area contributed by atoms with Crippen LogP contribution in [-0.4, -0.2) is 47.9 Å². The van der Waals surface area contributed by atoms with Gasteiger partial charge in [0, 0.05) is 25.7 Å². The number of nitrogens with zero attached hydrogens (tertiary/aromatic N) is 2. The van der Waals surface area contributed by atoms with Crippen LogP contribution in [0.3, 0.4) is 0 Å². The fourth-order valence-corrected chi connectivity index (χ4v) is 3.09. The minimum atomic E-state index is -0.310. The van der Waals surface area contributed by atoms with Crippen molar-refractivity contribution in [1.82, 2.24) is 15.2 Å². The minimum Gasteiger partial charge on any atom is -0.467 e. The van der Waals surface area contributed by atoms with E-state index in [1.165, 1.54) is 25.6 Å². The van der Waals surface area contributed by atoms with E-state index in [4.69, 9.17) is 10.3 Å². The van der Waals surface area contributed by atoms with Crippen molar-refractivity contribution in [1.29, 1.82) is 0 Å². The van der Waals surface area contributed by atoms with Crippen LogP contribution >= 0.6 is 0 Å². The van der Waals surface area contributed by atoms with Crippen molar-refractivity contribution < 1.29 is 9.21 Å². The van der Waals surface area contributed by atoms with E-state index in [9.17, 15) is 4.79 Å². The van der Waals surface area contributed by atoms with E-state index in [-0.39, 0.29) is 5.91 Å². The molecule has 19 heavy (non-hydrogen) atoms. The van der Waals surface area contributed by atoms with Gasteiger partial charge >= 0.3 is 0 Å². The van der Waals surface area contributed by atoms with Gasteiger partial charge in [-0.25, -0.2) is 5.84 Å². The van der Waals surface area contributed by atoms with Crippen molar-refractivity contribution in [3.63, 3.8) is 0 Å². The fraction of sp³-hybridized carbons (Fsp3) is 0.615. The Bertz CT molecular complexity index is 459. The van der Waals surface area contributed by atoms with Crippen molar-refractivity contribution in [2.75, 3.05) is 26.2 Å². The van der Waals surface area contributed by atoms with E-state index in [0.717, 1.165) is 31.9 Å². The molecule has 6 heteroatoms. The highest BCUT2D eigenvalue weighted by molar-refractivity contribution is 5.93. The Morgan fingerprint density at radius 3 is 3.21 bits per heavy atom. The van der Waals surface area contributed by atoms with Crippen molar-refractivity contribution >= 4 is 5.91 Å². The Balaban J connectivity index is 1.59. The van der Waals surface area contributed by atoms with E-state index in [2.05, 4.69) is 15.2 Å². The van der Waals surface area contributed by atoms with Gasteiger partial charge in [0.1, 0.15) is 12.0 Å². The van der Waals surface area contributed by atoms with Crippen LogP contribution < -0.4 is 11.3 Å². The summed E-state index contributed by atoms with van der Waals surface area (Å²) in [5.41, 5.74) is 2.59. The quantitative estimate of drug-likeness (QED) is 0.462. The lowest BCUT2D eigenvalue weighted by molar-refractivity contribution is 0.0941. The number of furan rings is 1. The predicted octanol–water partition coefficient (Wildman–Crippen LogP) is 0.163. The lowest BCUT2D eigenvalue weighted by Gasteiger charge is -2.37. The summed E-state index contributed by atoms with van der Waals surface area (Å²) in [6.07, 6.45) is 4.08. The van der Waals surface area contributed by atoms with Crippen LogP contribution in [0.5, 0.6) is 0 Å². The summed E-state index contributed by atoms with van der Waals surface area (Å²) < 4.78 is 5.43. The van der Waals surface area contributed by atoms with E-state index < -0.39 is 0 Å². The molecule has 104 valence electrons. The first-order valence-corrected chi connectivity index (χ1v) is 6.81. The molecule has 0 aliphatic carbocycles. The molecule has 3 rings (SSSR count). The first-order valence-electron chi connectivity index (χ1n) is 6.81. The summed E-state index contributed by atoms with van der Waals surface area (Å²) in [5, 5.41) is 0. The molecule has 2 saturated heterocycles. The maximum Gasteiger partial charge on any atom is 0.268 e. The molecule has 0 saturated carbocycles. The zero-order chi connectivity index (χ0) is 13.2. The van der Waals surface area contributed by atoms with Gasteiger partial charge < -0.3 is 4.42 Å². The number of hydrazine groups is 1. The van der Waals surface area contributed by atoms with E-state index in [1.54, 1.807) is 6.07 Å². The van der Waals surface area contributed by atoms with Crippen LogP contribution in [0.2, 0.25) is 0 Å². The molecule has 3 N–H and O–H groups in total. The standard InChI is InChI=1S/C13H20N4O2/c14-15-13(18)10-6-12(19-9-10)8-16-4-5-17-3-1-2-11(17)7-16/h6,9,11H,1-5,7-8,14H2,(H,15,18). The highest BCUT2D eigenvalue weighted by atomic mass is 16.3. The van der Waals surface area contributed by atoms with Crippen LogP contribution in [0.4, 0.5) is 0 Å². The van der Waals surface area contributed by atoms with Crippen LogP contribution in [0.1, 0.15) is 29.0 Å². The average Bonchev–Trinajstić information content (AvgIpc) is 3.06. The molecule has 0 aromatic carbocycles. The van der Waals surface area contributed by atoms with Gasteiger partial charge in [0.25, 0.3) is 5.91 Å². The number of nitrogens with one attached hydrogen (secondary N) is 1. The first-order chi connectivity index (χ1) is 9.26. The van der Waals surface area contributed by atoms with Crippen LogP contribution in [0.15, 0.2) is 16.7 Å². The molecule has 1 aromatic rings.